The molecule has 1 aliphatic rings. The van der Waals surface area contributed by atoms with Crippen LogP contribution < -0.4 is 0 Å². The van der Waals surface area contributed by atoms with Gasteiger partial charge < -0.3 is 0 Å². The number of fused-ring (bicyclic) bond motifs is 11. The van der Waals surface area contributed by atoms with Gasteiger partial charge in [0, 0.05) is 0 Å². The Hall–Kier alpha value is -8.84. The standard InChI is InChI=1S/C76H54/c1-39-18-23-47(24-19-39)68-73-59-16-10-13-55-52(51-28-31-58-67-38-64-46(8)44(6)43(5)45(7)63(64)37-66(67)57-15-9-12-54(51)70(57)58)29-32-61(71(55)59)75(73)69(48-25-20-40(2)21-26-48)76-62-33-30-53(56-14-11-17-60(72(56)62)74(68)76)65-36-42(4)35-49-34-41(3)22-27-50(49)65/h9-38H,1-8H3. The molecule has 15 aromatic rings. The van der Waals surface area contributed by atoms with Crippen LogP contribution in [0.15, 0.2) is 182 Å². The van der Waals surface area contributed by atoms with E-state index in [0.717, 1.165) is 0 Å². The molecule has 1 aliphatic carbocycles. The summed E-state index contributed by atoms with van der Waals surface area (Å²) in [6, 6.07) is 71.2. The summed E-state index contributed by atoms with van der Waals surface area (Å²) in [5, 5.41) is 23.8. The SMILES string of the molecule is Cc1ccc(-c2c3c4cccc5c(-c6cc(C)cc7cc(C)ccc67)ccc(c3c(-c3ccc(C)cc3)c3c6ccc(-c7ccc8c9c(cccc79)-c7cc9c(C)c(C)c(C)c(C)c9cc7-8)c7cccc(c23)c76)c54)cc1. The molecule has 0 saturated carbocycles. The van der Waals surface area contributed by atoms with Crippen LogP contribution in [0.25, 0.3) is 164 Å². The van der Waals surface area contributed by atoms with Crippen LogP contribution in [0.1, 0.15) is 44.5 Å². The van der Waals surface area contributed by atoms with E-state index in [1.807, 2.05) is 0 Å². The molecule has 358 valence electrons. The molecule has 0 radical (unpaired) electrons. The van der Waals surface area contributed by atoms with Crippen LogP contribution in [0.5, 0.6) is 0 Å². The lowest BCUT2D eigenvalue weighted by atomic mass is 9.87. The van der Waals surface area contributed by atoms with Crippen molar-refractivity contribution >= 4 is 97.0 Å². The average Bonchev–Trinajstić information content (AvgIpc) is 4.08. The van der Waals surface area contributed by atoms with E-state index in [1.54, 1.807) is 0 Å². The van der Waals surface area contributed by atoms with Crippen LogP contribution in [0.4, 0.5) is 0 Å². The number of rotatable bonds is 4. The molecule has 0 spiro atoms. The molecule has 0 saturated heterocycles. The van der Waals surface area contributed by atoms with E-state index in [-0.39, 0.29) is 0 Å². The van der Waals surface area contributed by atoms with Gasteiger partial charge in [0.1, 0.15) is 0 Å². The summed E-state index contributed by atoms with van der Waals surface area (Å²) >= 11 is 0. The molecular formula is C76H54. The van der Waals surface area contributed by atoms with Crippen molar-refractivity contribution in [1.29, 1.82) is 0 Å². The van der Waals surface area contributed by atoms with Gasteiger partial charge in [-0.2, -0.15) is 0 Å². The smallest absolute Gasteiger partial charge is 0.000718 e. The van der Waals surface area contributed by atoms with Crippen LogP contribution in [0.3, 0.4) is 0 Å². The minimum atomic E-state index is 1.25. The Bertz CT molecular complexity index is 4910. The molecular weight excluding hydrogens is 913 g/mol. The molecule has 0 fully saturated rings. The third-order valence-electron chi connectivity index (χ3n) is 18.4. The Kier molecular flexibility index (Phi) is 8.81. The Morgan fingerprint density at radius 1 is 0.197 bits per heavy atom. The first-order valence-corrected chi connectivity index (χ1v) is 27.2. The Morgan fingerprint density at radius 2 is 0.579 bits per heavy atom. The van der Waals surface area contributed by atoms with E-state index < -0.39 is 0 Å². The first-order valence-electron chi connectivity index (χ1n) is 27.2. The number of benzene rings is 13. The molecule has 0 nitrogen and oxygen atoms in total. The zero-order chi connectivity index (χ0) is 51.2. The predicted octanol–water partition coefficient (Wildman–Crippen LogP) is 21.7. The van der Waals surface area contributed by atoms with Gasteiger partial charge in [-0.25, -0.2) is 0 Å². The van der Waals surface area contributed by atoms with Gasteiger partial charge in [0.05, 0.1) is 0 Å². The van der Waals surface area contributed by atoms with Crippen molar-refractivity contribution in [3.63, 3.8) is 0 Å². The van der Waals surface area contributed by atoms with E-state index in [4.69, 9.17) is 0 Å². The van der Waals surface area contributed by atoms with Gasteiger partial charge in [-0.1, -0.05) is 187 Å². The normalized spacial score (nSPS) is 12.5. The van der Waals surface area contributed by atoms with Gasteiger partial charge in [0.2, 0.25) is 0 Å². The molecule has 0 N–H and O–H groups in total. The molecule has 15 aromatic carbocycles. The summed E-state index contributed by atoms with van der Waals surface area (Å²) in [5.41, 5.74) is 26.3. The van der Waals surface area contributed by atoms with Crippen molar-refractivity contribution in [2.45, 2.75) is 55.4 Å². The molecule has 0 atom stereocenters. The highest BCUT2D eigenvalue weighted by Gasteiger charge is 2.30. The summed E-state index contributed by atoms with van der Waals surface area (Å²) in [4.78, 5) is 0. The molecule has 0 amide bonds. The average molecular weight is 967 g/mol. The maximum absolute atomic E-state index is 2.49. The van der Waals surface area contributed by atoms with Crippen LogP contribution in [0.2, 0.25) is 0 Å². The molecule has 0 unspecified atom stereocenters. The van der Waals surface area contributed by atoms with Crippen molar-refractivity contribution < 1.29 is 0 Å². The fraction of sp³-hybridized carbons (Fsp3) is 0.105. The second-order valence-corrected chi connectivity index (χ2v) is 22.6. The zero-order valence-electron chi connectivity index (χ0n) is 44.3. The maximum atomic E-state index is 2.49. The Morgan fingerprint density at radius 3 is 1.11 bits per heavy atom. The van der Waals surface area contributed by atoms with Crippen LogP contribution in [0, 0.1) is 55.4 Å². The number of hydrogen-bond donors (Lipinski definition) is 0. The topological polar surface area (TPSA) is 0 Å². The highest BCUT2D eigenvalue weighted by molar-refractivity contribution is 6.47. The molecule has 76 heavy (non-hydrogen) atoms. The Labute approximate surface area is 443 Å². The van der Waals surface area contributed by atoms with Crippen molar-refractivity contribution in [2.75, 3.05) is 0 Å². The van der Waals surface area contributed by atoms with Gasteiger partial charge in [0.25, 0.3) is 0 Å². The first-order chi connectivity index (χ1) is 37.0. The minimum Gasteiger partial charge on any atom is -0.0610 e. The largest absolute Gasteiger partial charge is 0.0610 e. The molecule has 0 aliphatic heterocycles. The highest BCUT2D eigenvalue weighted by Crippen LogP contribution is 2.58. The third-order valence-corrected chi connectivity index (χ3v) is 18.4. The number of aryl methyl sites for hydroxylation is 6. The van der Waals surface area contributed by atoms with Crippen LogP contribution in [-0.4, -0.2) is 0 Å². The Balaban J connectivity index is 1.02. The van der Waals surface area contributed by atoms with Crippen LogP contribution in [-0.2, 0) is 0 Å². The monoisotopic (exact) mass is 966 g/mol. The van der Waals surface area contributed by atoms with Gasteiger partial charge >= 0.3 is 0 Å². The van der Waals surface area contributed by atoms with Gasteiger partial charge in [-0.05, 0) is 259 Å². The molecule has 0 bridgehead atoms. The fourth-order valence-electron chi connectivity index (χ4n) is 14.5. The summed E-state index contributed by atoms with van der Waals surface area (Å²) < 4.78 is 0. The lowest BCUT2D eigenvalue weighted by molar-refractivity contribution is 1.25. The predicted molar refractivity (Wildman–Crippen MR) is 330 cm³/mol. The zero-order valence-corrected chi connectivity index (χ0v) is 44.3. The van der Waals surface area contributed by atoms with E-state index in [0.29, 0.717) is 0 Å². The van der Waals surface area contributed by atoms with E-state index >= 15 is 0 Å². The van der Waals surface area contributed by atoms with E-state index in [9.17, 15) is 0 Å². The van der Waals surface area contributed by atoms with Gasteiger partial charge in [-0.15, -0.1) is 0 Å². The molecule has 16 rings (SSSR count). The van der Waals surface area contributed by atoms with Crippen molar-refractivity contribution in [3.05, 3.63) is 226 Å². The van der Waals surface area contributed by atoms with Gasteiger partial charge in [0.15, 0.2) is 0 Å². The second kappa shape index (κ2) is 15.4. The maximum Gasteiger partial charge on any atom is -0.000718 e. The fourth-order valence-corrected chi connectivity index (χ4v) is 14.5. The number of hydrogen-bond acceptors (Lipinski definition) is 0. The van der Waals surface area contributed by atoms with Crippen molar-refractivity contribution in [1.82, 2.24) is 0 Å². The summed E-state index contributed by atoms with van der Waals surface area (Å²) in [5.74, 6) is 0. The van der Waals surface area contributed by atoms with E-state index in [1.165, 1.54) is 208 Å². The van der Waals surface area contributed by atoms with E-state index in [2.05, 4.69) is 237 Å². The third kappa shape index (κ3) is 5.69. The first kappa shape index (κ1) is 43.5. The van der Waals surface area contributed by atoms with Crippen molar-refractivity contribution in [2.24, 2.45) is 0 Å². The molecule has 0 heterocycles. The highest BCUT2D eigenvalue weighted by atomic mass is 14.3. The van der Waals surface area contributed by atoms with Crippen LogP contribution >= 0.6 is 0 Å². The lowest BCUT2D eigenvalue weighted by Gasteiger charge is -2.16. The summed E-state index contributed by atoms with van der Waals surface area (Å²) in [6.45, 7) is 18.0. The van der Waals surface area contributed by atoms with Crippen molar-refractivity contribution in [3.8, 4) is 66.8 Å². The van der Waals surface area contributed by atoms with Gasteiger partial charge in [-0.3, -0.25) is 0 Å². The summed E-state index contributed by atoms with van der Waals surface area (Å²) in [6.07, 6.45) is 0. The summed E-state index contributed by atoms with van der Waals surface area (Å²) in [7, 11) is 0. The molecule has 0 aromatic heterocycles. The lowest BCUT2D eigenvalue weighted by Crippen LogP contribution is -1.94. The second-order valence-electron chi connectivity index (χ2n) is 22.6. The minimum absolute atomic E-state index is 1.25. The molecule has 0 heteroatoms. The quantitative estimate of drug-likeness (QED) is 0.165.